The molecule has 13 heavy (non-hydrogen) atoms. The van der Waals surface area contributed by atoms with E-state index in [0.29, 0.717) is 6.61 Å². The number of carbonyl (C=O) groups excluding carboxylic acids is 1. The van der Waals surface area contributed by atoms with Crippen LogP contribution in [0.25, 0.3) is 0 Å². The van der Waals surface area contributed by atoms with Crippen LogP contribution in [-0.2, 0) is 14.3 Å². The third kappa shape index (κ3) is 1.25. The zero-order valence-corrected chi connectivity index (χ0v) is 8.46. The predicted octanol–water partition coefficient (Wildman–Crippen LogP) is 0.335. The molecule has 0 aliphatic carbocycles. The van der Waals surface area contributed by atoms with Crippen LogP contribution < -0.4 is 0 Å². The first-order valence-corrected chi connectivity index (χ1v) is 4.31. The Morgan fingerprint density at radius 2 is 2.15 bits per heavy atom. The van der Waals surface area contributed by atoms with Crippen LogP contribution in [-0.4, -0.2) is 36.0 Å². The number of carbonyl (C=O) groups is 1. The van der Waals surface area contributed by atoms with Crippen molar-refractivity contribution >= 4 is 5.97 Å². The molecule has 0 saturated carbocycles. The fourth-order valence-corrected chi connectivity index (χ4v) is 1.76. The summed E-state index contributed by atoms with van der Waals surface area (Å²) in [4.78, 5) is 11.4. The molecule has 0 aromatic carbocycles. The number of aliphatic hydroxyl groups is 1. The molecule has 76 valence electrons. The zero-order valence-electron chi connectivity index (χ0n) is 8.46. The first kappa shape index (κ1) is 10.5. The molecule has 1 saturated heterocycles. The Balaban J connectivity index is 3.03. The van der Waals surface area contributed by atoms with Gasteiger partial charge in [0.05, 0.1) is 13.7 Å². The Morgan fingerprint density at radius 3 is 2.46 bits per heavy atom. The standard InChI is InChI=1S/C9H16O4/c1-6-5-13-8(2,3)9(6,11)7(10)12-4/h6,11H,5H2,1-4H3/t6-,9?/m1/s1. The second-order valence-electron chi connectivity index (χ2n) is 3.98. The van der Waals surface area contributed by atoms with Crippen molar-refractivity contribution in [3.63, 3.8) is 0 Å². The summed E-state index contributed by atoms with van der Waals surface area (Å²) < 4.78 is 9.91. The van der Waals surface area contributed by atoms with Crippen molar-refractivity contribution in [2.24, 2.45) is 5.92 Å². The number of hydrogen-bond donors (Lipinski definition) is 1. The minimum Gasteiger partial charge on any atom is -0.467 e. The molecule has 0 aromatic rings. The van der Waals surface area contributed by atoms with Gasteiger partial charge in [-0.3, -0.25) is 0 Å². The number of rotatable bonds is 1. The van der Waals surface area contributed by atoms with Gasteiger partial charge in [-0.15, -0.1) is 0 Å². The third-order valence-electron chi connectivity index (χ3n) is 2.82. The molecule has 1 aliphatic rings. The second-order valence-corrected chi connectivity index (χ2v) is 3.98. The average Bonchev–Trinajstić information content (AvgIpc) is 2.29. The van der Waals surface area contributed by atoms with Gasteiger partial charge in [0.2, 0.25) is 0 Å². The van der Waals surface area contributed by atoms with E-state index in [9.17, 15) is 9.90 Å². The monoisotopic (exact) mass is 188 g/mol. The summed E-state index contributed by atoms with van der Waals surface area (Å²) in [6, 6.07) is 0. The van der Waals surface area contributed by atoms with Gasteiger partial charge in [-0.05, 0) is 13.8 Å². The third-order valence-corrected chi connectivity index (χ3v) is 2.82. The summed E-state index contributed by atoms with van der Waals surface area (Å²) in [5.74, 6) is -0.863. The molecule has 4 heteroatoms. The summed E-state index contributed by atoms with van der Waals surface area (Å²) in [5, 5.41) is 10.2. The molecule has 0 spiro atoms. The topological polar surface area (TPSA) is 55.8 Å². The first-order chi connectivity index (χ1) is 5.86. The SMILES string of the molecule is COC(=O)C1(O)[C@H](C)COC1(C)C. The van der Waals surface area contributed by atoms with Crippen LogP contribution in [0, 0.1) is 5.92 Å². The Bertz CT molecular complexity index is 224. The van der Waals surface area contributed by atoms with E-state index in [1.807, 2.05) is 0 Å². The summed E-state index contributed by atoms with van der Waals surface area (Å²) in [6.45, 7) is 5.52. The Labute approximate surface area is 77.8 Å². The highest BCUT2D eigenvalue weighted by Gasteiger charge is 2.60. The lowest BCUT2D eigenvalue weighted by atomic mass is 9.79. The molecule has 4 nitrogen and oxygen atoms in total. The van der Waals surface area contributed by atoms with Crippen LogP contribution in [0.1, 0.15) is 20.8 Å². The first-order valence-electron chi connectivity index (χ1n) is 4.31. The van der Waals surface area contributed by atoms with Crippen molar-refractivity contribution < 1.29 is 19.4 Å². The van der Waals surface area contributed by atoms with Crippen molar-refractivity contribution in [2.75, 3.05) is 13.7 Å². The van der Waals surface area contributed by atoms with Gasteiger partial charge < -0.3 is 14.6 Å². The van der Waals surface area contributed by atoms with Gasteiger partial charge in [0.15, 0.2) is 5.60 Å². The van der Waals surface area contributed by atoms with Gasteiger partial charge in [-0.25, -0.2) is 4.79 Å². The number of methoxy groups -OCH3 is 1. The van der Waals surface area contributed by atoms with Crippen molar-refractivity contribution in [1.29, 1.82) is 0 Å². The lowest BCUT2D eigenvalue weighted by Crippen LogP contribution is -2.56. The van der Waals surface area contributed by atoms with E-state index >= 15 is 0 Å². The van der Waals surface area contributed by atoms with Gasteiger partial charge in [0, 0.05) is 5.92 Å². The van der Waals surface area contributed by atoms with Crippen molar-refractivity contribution in [1.82, 2.24) is 0 Å². The maximum absolute atomic E-state index is 11.4. The molecule has 0 bridgehead atoms. The Hall–Kier alpha value is -0.610. The fraction of sp³-hybridized carbons (Fsp3) is 0.889. The van der Waals surface area contributed by atoms with E-state index in [0.717, 1.165) is 0 Å². The van der Waals surface area contributed by atoms with Gasteiger partial charge >= 0.3 is 5.97 Å². The van der Waals surface area contributed by atoms with Gasteiger partial charge in [0.25, 0.3) is 0 Å². The second kappa shape index (κ2) is 2.96. The average molecular weight is 188 g/mol. The van der Waals surface area contributed by atoms with Crippen LogP contribution in [0.4, 0.5) is 0 Å². The molecule has 0 aromatic heterocycles. The number of hydrogen-bond acceptors (Lipinski definition) is 4. The van der Waals surface area contributed by atoms with Crippen molar-refractivity contribution in [3.8, 4) is 0 Å². The molecule has 1 aliphatic heterocycles. The highest BCUT2D eigenvalue weighted by molar-refractivity contribution is 5.81. The van der Waals surface area contributed by atoms with E-state index in [4.69, 9.17) is 4.74 Å². The minimum atomic E-state index is -1.53. The molecule has 1 unspecified atom stereocenters. The van der Waals surface area contributed by atoms with Crippen LogP contribution in [0.2, 0.25) is 0 Å². The molecule has 1 fully saturated rings. The number of ether oxygens (including phenoxy) is 2. The molecular weight excluding hydrogens is 172 g/mol. The lowest BCUT2D eigenvalue weighted by molar-refractivity contribution is -0.181. The van der Waals surface area contributed by atoms with Crippen LogP contribution in [0.15, 0.2) is 0 Å². The van der Waals surface area contributed by atoms with Crippen LogP contribution in [0.3, 0.4) is 0 Å². The normalized spacial score (nSPS) is 37.5. The van der Waals surface area contributed by atoms with Crippen molar-refractivity contribution in [3.05, 3.63) is 0 Å². The molecule has 0 amide bonds. The van der Waals surface area contributed by atoms with Crippen molar-refractivity contribution in [2.45, 2.75) is 32.0 Å². The summed E-state index contributed by atoms with van der Waals surface area (Å²) in [5.41, 5.74) is -2.40. The highest BCUT2D eigenvalue weighted by Crippen LogP contribution is 2.40. The van der Waals surface area contributed by atoms with Crippen LogP contribution >= 0.6 is 0 Å². The molecule has 0 radical (unpaired) electrons. The predicted molar refractivity (Wildman–Crippen MR) is 46.2 cm³/mol. The summed E-state index contributed by atoms with van der Waals surface area (Å²) in [6.07, 6.45) is 0. The maximum atomic E-state index is 11.4. The van der Waals surface area contributed by atoms with Gasteiger partial charge in [0.1, 0.15) is 5.60 Å². The highest BCUT2D eigenvalue weighted by atomic mass is 16.6. The summed E-state index contributed by atoms with van der Waals surface area (Å²) >= 11 is 0. The molecule has 1 rings (SSSR count). The van der Waals surface area contributed by atoms with E-state index in [2.05, 4.69) is 4.74 Å². The number of esters is 1. The quantitative estimate of drug-likeness (QED) is 0.603. The fourth-order valence-electron chi connectivity index (χ4n) is 1.76. The largest absolute Gasteiger partial charge is 0.467 e. The minimum absolute atomic E-state index is 0.241. The molecular formula is C9H16O4. The molecule has 1 N–H and O–H groups in total. The lowest BCUT2D eigenvalue weighted by Gasteiger charge is -2.34. The summed E-state index contributed by atoms with van der Waals surface area (Å²) in [7, 11) is 1.27. The van der Waals surface area contributed by atoms with E-state index in [1.165, 1.54) is 7.11 Å². The van der Waals surface area contributed by atoms with Gasteiger partial charge in [-0.1, -0.05) is 6.92 Å². The molecule has 1 heterocycles. The Morgan fingerprint density at radius 1 is 1.62 bits per heavy atom. The zero-order chi connectivity index (χ0) is 10.3. The van der Waals surface area contributed by atoms with E-state index in [-0.39, 0.29) is 5.92 Å². The smallest absolute Gasteiger partial charge is 0.341 e. The van der Waals surface area contributed by atoms with Gasteiger partial charge in [-0.2, -0.15) is 0 Å². The molecule has 2 atom stereocenters. The maximum Gasteiger partial charge on any atom is 0.341 e. The van der Waals surface area contributed by atoms with Crippen LogP contribution in [0.5, 0.6) is 0 Å². The Kier molecular flexibility index (Phi) is 2.38. The van der Waals surface area contributed by atoms with E-state index < -0.39 is 17.2 Å². The van der Waals surface area contributed by atoms with E-state index in [1.54, 1.807) is 20.8 Å².